The van der Waals surface area contributed by atoms with Crippen LogP contribution in [-0.4, -0.2) is 71.7 Å². The van der Waals surface area contributed by atoms with Crippen molar-refractivity contribution in [1.82, 2.24) is 24.9 Å². The van der Waals surface area contributed by atoms with Crippen LogP contribution in [0.5, 0.6) is 0 Å². The molecule has 0 bridgehead atoms. The van der Waals surface area contributed by atoms with Crippen LogP contribution in [-0.2, 0) is 17.6 Å². The van der Waals surface area contributed by atoms with Gasteiger partial charge in [-0.15, -0.1) is 0 Å². The fourth-order valence-electron chi connectivity index (χ4n) is 10.8. The number of ketones is 2. The Morgan fingerprint density at radius 1 is 0.390 bits per heavy atom. The van der Waals surface area contributed by atoms with Crippen LogP contribution >= 0.6 is 0 Å². The van der Waals surface area contributed by atoms with Crippen molar-refractivity contribution in [3.8, 4) is 63.2 Å². The molecule has 0 unspecified atom stereocenters. The lowest BCUT2D eigenvalue weighted by molar-refractivity contribution is -0.608. The summed E-state index contributed by atoms with van der Waals surface area (Å²) >= 11 is 0. The number of esters is 1. The zero-order chi connectivity index (χ0) is 76.3. The summed E-state index contributed by atoms with van der Waals surface area (Å²) in [5.74, 6) is -2.55. The van der Waals surface area contributed by atoms with Crippen molar-refractivity contribution in [1.29, 1.82) is 15.8 Å². The number of methoxy groups -OCH3 is 1. The molecular formula is C87H77N9O9. The third kappa shape index (κ3) is 21.4. The van der Waals surface area contributed by atoms with E-state index in [0.29, 0.717) is 55.5 Å². The summed E-state index contributed by atoms with van der Waals surface area (Å²) in [6, 6.07) is 73.8. The number of carboxylic acids is 2. The van der Waals surface area contributed by atoms with Crippen LogP contribution < -0.4 is 4.73 Å². The summed E-state index contributed by atoms with van der Waals surface area (Å²) in [6.45, 7) is 18.4. The van der Waals surface area contributed by atoms with Crippen LogP contribution in [0.2, 0.25) is 0 Å². The first kappa shape index (κ1) is 78.6. The van der Waals surface area contributed by atoms with Crippen molar-refractivity contribution >= 4 is 29.5 Å². The van der Waals surface area contributed by atoms with E-state index >= 15 is 0 Å². The van der Waals surface area contributed by atoms with Crippen molar-refractivity contribution in [3.05, 3.63) is 348 Å². The number of carboxylic acid groups (broad SMARTS) is 2. The van der Waals surface area contributed by atoms with Gasteiger partial charge in [0.2, 0.25) is 0 Å². The number of rotatable bonds is 13. The minimum Gasteiger partial charge on any atom is -0.618 e. The van der Waals surface area contributed by atoms with E-state index in [1.54, 1.807) is 63.4 Å². The second kappa shape index (κ2) is 38.2. The molecule has 0 atom stereocenters. The zero-order valence-electron chi connectivity index (χ0n) is 60.1. The number of hydrogen-bond acceptors (Lipinski definition) is 15. The van der Waals surface area contributed by atoms with Gasteiger partial charge in [-0.3, -0.25) is 9.59 Å². The second-order valence-corrected chi connectivity index (χ2v) is 24.2. The molecule has 0 aliphatic heterocycles. The van der Waals surface area contributed by atoms with Gasteiger partial charge in [0, 0.05) is 52.9 Å². The number of pyridine rings is 6. The van der Waals surface area contributed by atoms with Gasteiger partial charge in [0.25, 0.3) is 5.69 Å². The van der Waals surface area contributed by atoms with E-state index < -0.39 is 17.9 Å². The van der Waals surface area contributed by atoms with Crippen molar-refractivity contribution in [2.45, 2.75) is 82.1 Å². The highest BCUT2D eigenvalue weighted by atomic mass is 16.5. The minimum atomic E-state index is -0.990. The zero-order valence-corrected chi connectivity index (χ0v) is 60.1. The quantitative estimate of drug-likeness (QED) is 0.0469. The lowest BCUT2D eigenvalue weighted by atomic mass is 9.92. The topological polar surface area (TPSA) is 298 Å². The standard InChI is InChI=1S/C24H23NO3.C23H21NO3.C13H10N2.C13H11NO2.C7H6N2O.C7H6N2/c1-15-10-12-19(24(27)28-4)17(3)20(15)14-22(26)23-16(2)11-13-21(25-23)18-8-6-5-7-9-18;1-14-9-11-18(23(26)27)16(3)19(14)13-21(25)22-15(2)10-12-20(24-22)17-7-5-4-6-8-17;1-10-7-8-12(15-13(10)9-14)11-5-3-2-4-6-11;1-9-7-8-11(14-12(9)13(15)16)10-5-3-2-4-6-10;1-6-3-2-4-9(10)7(6)5-8;1-6-3-2-4-9-7(6)5-8/h5-13H,14H2,1-4H3;4-12H,13H2,1-3H3,(H,26,27);2-8H,1H3;2-8H,1H3,(H,15,16);2-4H,1H3;2-4H,1H3. The number of aryl methyl sites for hydroxylation is 8. The number of nitriles is 3. The third-order valence-electron chi connectivity index (χ3n) is 16.9. The summed E-state index contributed by atoms with van der Waals surface area (Å²) in [7, 11) is 1.36. The maximum Gasteiger partial charge on any atom is 0.354 e. The van der Waals surface area contributed by atoms with Crippen LogP contribution in [0, 0.1) is 108 Å². The van der Waals surface area contributed by atoms with Crippen molar-refractivity contribution < 1.29 is 43.7 Å². The van der Waals surface area contributed by atoms with Gasteiger partial charge in [-0.05, 0) is 179 Å². The molecule has 0 radical (unpaired) electrons. The summed E-state index contributed by atoms with van der Waals surface area (Å²) in [6.07, 6.45) is 3.25. The molecule has 0 fully saturated rings. The number of Topliss-reactive ketones (excluding diaryl/α,β-unsaturated/α-hetero) is 2. The Balaban J connectivity index is 0.000000184. The normalized spacial score (nSPS) is 10.0. The first-order valence-electron chi connectivity index (χ1n) is 33.1. The first-order chi connectivity index (χ1) is 50.4. The third-order valence-corrected chi connectivity index (χ3v) is 16.9. The molecule has 524 valence electrons. The Kier molecular flexibility index (Phi) is 28.6. The van der Waals surface area contributed by atoms with E-state index in [0.717, 1.165) is 89.4 Å². The Morgan fingerprint density at radius 3 is 1.11 bits per heavy atom. The van der Waals surface area contributed by atoms with Gasteiger partial charge in [0.15, 0.2) is 29.5 Å². The van der Waals surface area contributed by atoms with Gasteiger partial charge >= 0.3 is 17.9 Å². The fraction of sp³-hybridized carbons (Fsp3) is 0.149. The Bertz CT molecular complexity index is 5220. The monoisotopic (exact) mass is 1390 g/mol. The second-order valence-electron chi connectivity index (χ2n) is 24.2. The molecular weight excluding hydrogens is 1320 g/mol. The van der Waals surface area contributed by atoms with E-state index in [-0.39, 0.29) is 41.4 Å². The molecule has 105 heavy (non-hydrogen) atoms. The van der Waals surface area contributed by atoms with Gasteiger partial charge in [-0.1, -0.05) is 164 Å². The summed E-state index contributed by atoms with van der Waals surface area (Å²) in [5, 5.41) is 54.8. The molecule has 6 aromatic carbocycles. The van der Waals surface area contributed by atoms with Gasteiger partial charge in [-0.2, -0.15) is 20.5 Å². The van der Waals surface area contributed by atoms with E-state index in [2.05, 4.69) is 31.0 Å². The number of aromatic carboxylic acids is 2. The molecule has 12 rings (SSSR count). The minimum absolute atomic E-state index is 0.0662. The van der Waals surface area contributed by atoms with E-state index in [1.165, 1.54) is 13.3 Å². The number of nitrogens with zero attached hydrogens (tertiary/aromatic N) is 9. The smallest absolute Gasteiger partial charge is 0.354 e. The number of carbonyl (C=O) groups is 5. The van der Waals surface area contributed by atoms with Gasteiger partial charge in [0.05, 0.1) is 41.0 Å². The molecule has 0 saturated heterocycles. The molecule has 18 heteroatoms. The fourth-order valence-corrected chi connectivity index (χ4v) is 10.8. The molecule has 2 N–H and O–H groups in total. The predicted molar refractivity (Wildman–Crippen MR) is 404 cm³/mol. The van der Waals surface area contributed by atoms with Gasteiger partial charge in [-0.25, -0.2) is 39.3 Å². The summed E-state index contributed by atoms with van der Waals surface area (Å²) in [5.41, 5.74) is 19.6. The highest BCUT2D eigenvalue weighted by Crippen LogP contribution is 2.27. The van der Waals surface area contributed by atoms with Gasteiger partial charge in [0.1, 0.15) is 34.9 Å². The molecule has 0 aliphatic carbocycles. The Hall–Kier alpha value is -13.8. The Morgan fingerprint density at radius 2 is 0.752 bits per heavy atom. The van der Waals surface area contributed by atoms with Crippen molar-refractivity contribution in [3.63, 3.8) is 0 Å². The van der Waals surface area contributed by atoms with E-state index in [4.69, 9.17) is 25.6 Å². The lowest BCUT2D eigenvalue weighted by Crippen LogP contribution is -2.30. The van der Waals surface area contributed by atoms with Crippen LogP contribution in [0.25, 0.3) is 45.0 Å². The van der Waals surface area contributed by atoms with Crippen LogP contribution in [0.4, 0.5) is 0 Å². The number of benzene rings is 6. The SMILES string of the molecule is COC(=O)c1ccc(C)c(CC(=O)c2nc(-c3ccccc3)ccc2C)c1C.Cc1ccc(-c2ccccc2)nc1C#N.Cc1ccc(-c2ccccc2)nc1C(=O)Cc1c(C)ccc(C(=O)O)c1C.Cc1ccc(-c2ccccc2)nc1C(=O)O.Cc1ccc[n+]([O-])c1C#N.Cc1cccnc1C#N. The molecule has 0 spiro atoms. The van der Waals surface area contributed by atoms with Crippen LogP contribution in [0.1, 0.15) is 136 Å². The average Bonchev–Trinajstić information content (AvgIpc) is 0.812. The lowest BCUT2D eigenvalue weighted by Gasteiger charge is -2.14. The van der Waals surface area contributed by atoms with E-state index in [1.807, 2.05) is 243 Å². The average molecular weight is 1390 g/mol. The molecule has 0 aliphatic rings. The van der Waals surface area contributed by atoms with Gasteiger partial charge < -0.3 is 20.2 Å². The molecule has 6 heterocycles. The molecule has 0 amide bonds. The molecule has 0 saturated carbocycles. The van der Waals surface area contributed by atoms with Crippen LogP contribution in [0.15, 0.2) is 231 Å². The first-order valence-corrected chi connectivity index (χ1v) is 33.1. The maximum atomic E-state index is 13.1. The van der Waals surface area contributed by atoms with Crippen molar-refractivity contribution in [2.24, 2.45) is 0 Å². The summed E-state index contributed by atoms with van der Waals surface area (Å²) in [4.78, 5) is 81.9. The predicted octanol–water partition coefficient (Wildman–Crippen LogP) is 17.1. The number of aromatic nitrogens is 6. The maximum absolute atomic E-state index is 13.1. The largest absolute Gasteiger partial charge is 0.618 e. The van der Waals surface area contributed by atoms with E-state index in [9.17, 15) is 34.3 Å². The highest BCUT2D eigenvalue weighted by molar-refractivity contribution is 6.00. The van der Waals surface area contributed by atoms with Crippen LogP contribution in [0.3, 0.4) is 0 Å². The highest BCUT2D eigenvalue weighted by Gasteiger charge is 2.22. The Labute approximate surface area is 611 Å². The number of carbonyl (C=O) groups excluding carboxylic acids is 3. The van der Waals surface area contributed by atoms with Crippen molar-refractivity contribution in [2.75, 3.05) is 7.11 Å². The molecule has 12 aromatic rings. The molecule has 18 nitrogen and oxygen atoms in total. The molecule has 6 aromatic heterocycles. The number of ether oxygens (including phenoxy) is 1. The number of hydrogen-bond donors (Lipinski definition) is 2. The summed E-state index contributed by atoms with van der Waals surface area (Å²) < 4.78 is 5.41.